The zero-order valence-corrected chi connectivity index (χ0v) is 11.1. The SMILES string of the molecule is O=C(Nc1ccc2c(c1)CCCC2)C1CNCCO1. The third kappa shape index (κ3) is 2.96. The highest BCUT2D eigenvalue weighted by Crippen LogP contribution is 2.24. The monoisotopic (exact) mass is 260 g/mol. The molecule has 4 nitrogen and oxygen atoms in total. The maximum absolute atomic E-state index is 12.1. The van der Waals surface area contributed by atoms with Gasteiger partial charge in [-0.25, -0.2) is 0 Å². The van der Waals surface area contributed by atoms with Gasteiger partial charge in [-0.2, -0.15) is 0 Å². The van der Waals surface area contributed by atoms with E-state index < -0.39 is 0 Å². The van der Waals surface area contributed by atoms with Gasteiger partial charge in [0.1, 0.15) is 6.10 Å². The van der Waals surface area contributed by atoms with Crippen LogP contribution in [0.3, 0.4) is 0 Å². The molecule has 1 saturated heterocycles. The lowest BCUT2D eigenvalue weighted by Gasteiger charge is -2.23. The van der Waals surface area contributed by atoms with E-state index in [1.807, 2.05) is 6.07 Å². The Morgan fingerprint density at radius 2 is 2.11 bits per heavy atom. The third-order valence-corrected chi connectivity index (χ3v) is 3.84. The van der Waals surface area contributed by atoms with E-state index in [0.717, 1.165) is 18.7 Å². The van der Waals surface area contributed by atoms with Gasteiger partial charge in [0.15, 0.2) is 0 Å². The molecule has 0 radical (unpaired) electrons. The highest BCUT2D eigenvalue weighted by Gasteiger charge is 2.22. The summed E-state index contributed by atoms with van der Waals surface area (Å²) < 4.78 is 5.45. The number of amides is 1. The largest absolute Gasteiger partial charge is 0.366 e. The Labute approximate surface area is 113 Å². The molecular weight excluding hydrogens is 240 g/mol. The van der Waals surface area contributed by atoms with E-state index in [2.05, 4.69) is 22.8 Å². The van der Waals surface area contributed by atoms with Gasteiger partial charge < -0.3 is 15.4 Å². The number of hydrogen-bond donors (Lipinski definition) is 2. The summed E-state index contributed by atoms with van der Waals surface area (Å²) in [5.74, 6) is -0.0528. The summed E-state index contributed by atoms with van der Waals surface area (Å²) in [4.78, 5) is 12.1. The van der Waals surface area contributed by atoms with E-state index in [4.69, 9.17) is 4.74 Å². The third-order valence-electron chi connectivity index (χ3n) is 3.84. The highest BCUT2D eigenvalue weighted by atomic mass is 16.5. The van der Waals surface area contributed by atoms with Crippen LogP contribution in [-0.4, -0.2) is 31.7 Å². The van der Waals surface area contributed by atoms with Gasteiger partial charge in [-0.05, 0) is 48.9 Å². The number of ether oxygens (including phenoxy) is 1. The van der Waals surface area contributed by atoms with Gasteiger partial charge in [-0.1, -0.05) is 6.07 Å². The first-order valence-corrected chi connectivity index (χ1v) is 7.08. The first-order chi connectivity index (χ1) is 9.33. The van der Waals surface area contributed by atoms with Crippen LogP contribution in [0.15, 0.2) is 18.2 Å². The quantitative estimate of drug-likeness (QED) is 0.847. The second-order valence-corrected chi connectivity index (χ2v) is 5.24. The van der Waals surface area contributed by atoms with Crippen LogP contribution in [-0.2, 0) is 22.4 Å². The molecule has 3 rings (SSSR count). The minimum atomic E-state index is -0.371. The summed E-state index contributed by atoms with van der Waals surface area (Å²) in [6.07, 6.45) is 4.45. The Morgan fingerprint density at radius 3 is 2.89 bits per heavy atom. The van der Waals surface area contributed by atoms with E-state index in [-0.39, 0.29) is 12.0 Å². The fourth-order valence-electron chi connectivity index (χ4n) is 2.77. The minimum absolute atomic E-state index is 0.0528. The molecule has 2 aliphatic rings. The molecule has 0 bridgehead atoms. The van der Waals surface area contributed by atoms with Gasteiger partial charge in [0.25, 0.3) is 5.91 Å². The maximum Gasteiger partial charge on any atom is 0.254 e. The van der Waals surface area contributed by atoms with Gasteiger partial charge in [0.2, 0.25) is 0 Å². The summed E-state index contributed by atoms with van der Waals surface area (Å²) in [5.41, 5.74) is 3.70. The van der Waals surface area contributed by atoms with Crippen LogP contribution in [0, 0.1) is 0 Å². The lowest BCUT2D eigenvalue weighted by atomic mass is 9.91. The topological polar surface area (TPSA) is 50.4 Å². The zero-order valence-electron chi connectivity index (χ0n) is 11.1. The normalized spacial score (nSPS) is 22.6. The molecule has 4 heteroatoms. The van der Waals surface area contributed by atoms with Crippen LogP contribution in [0.4, 0.5) is 5.69 Å². The number of benzene rings is 1. The Bertz CT molecular complexity index is 467. The number of morpholine rings is 1. The summed E-state index contributed by atoms with van der Waals surface area (Å²) in [6, 6.07) is 6.26. The number of fused-ring (bicyclic) bond motifs is 1. The molecular formula is C15H20N2O2. The predicted octanol–water partition coefficient (Wildman–Crippen LogP) is 1.49. The molecule has 2 N–H and O–H groups in total. The van der Waals surface area contributed by atoms with Crippen molar-refractivity contribution in [2.45, 2.75) is 31.8 Å². The second-order valence-electron chi connectivity index (χ2n) is 5.24. The van der Waals surface area contributed by atoms with Gasteiger partial charge in [0, 0.05) is 18.8 Å². The standard InChI is InChI=1S/C15H20N2O2/c18-15(14-10-16-7-8-19-14)17-13-6-5-11-3-1-2-4-12(11)9-13/h5-6,9,14,16H,1-4,7-8,10H2,(H,17,18). The average molecular weight is 260 g/mol. The maximum atomic E-state index is 12.1. The van der Waals surface area contributed by atoms with Gasteiger partial charge in [0.05, 0.1) is 6.61 Å². The molecule has 1 atom stereocenters. The van der Waals surface area contributed by atoms with Crippen molar-refractivity contribution in [3.63, 3.8) is 0 Å². The fourth-order valence-corrected chi connectivity index (χ4v) is 2.77. The molecule has 1 aliphatic carbocycles. The summed E-state index contributed by atoms with van der Waals surface area (Å²) >= 11 is 0. The number of carbonyl (C=O) groups excluding carboxylic acids is 1. The summed E-state index contributed by atoms with van der Waals surface area (Å²) in [7, 11) is 0. The lowest BCUT2D eigenvalue weighted by Crippen LogP contribution is -2.45. The van der Waals surface area contributed by atoms with Crippen LogP contribution in [0.5, 0.6) is 0 Å². The first-order valence-electron chi connectivity index (χ1n) is 7.08. The van der Waals surface area contributed by atoms with E-state index in [1.54, 1.807) is 0 Å². The van der Waals surface area contributed by atoms with E-state index in [9.17, 15) is 4.79 Å². The van der Waals surface area contributed by atoms with Crippen molar-refractivity contribution >= 4 is 11.6 Å². The molecule has 1 fully saturated rings. The predicted molar refractivity (Wildman–Crippen MR) is 74.3 cm³/mol. The number of nitrogens with one attached hydrogen (secondary N) is 2. The summed E-state index contributed by atoms with van der Waals surface area (Å²) in [6.45, 7) is 2.02. The average Bonchev–Trinajstić information content (AvgIpc) is 2.48. The fraction of sp³-hybridized carbons (Fsp3) is 0.533. The van der Waals surface area contributed by atoms with Crippen molar-refractivity contribution in [1.29, 1.82) is 0 Å². The molecule has 1 aliphatic heterocycles. The molecule has 102 valence electrons. The van der Waals surface area contributed by atoms with E-state index in [1.165, 1.54) is 30.4 Å². The Balaban J connectivity index is 1.67. The van der Waals surface area contributed by atoms with Crippen LogP contribution in [0.1, 0.15) is 24.0 Å². The molecule has 0 saturated carbocycles. The summed E-state index contributed by atoms with van der Waals surface area (Å²) in [5, 5.41) is 6.12. The molecule has 1 aromatic rings. The Kier molecular flexibility index (Phi) is 3.80. The molecule has 1 unspecified atom stereocenters. The number of aryl methyl sites for hydroxylation is 2. The second kappa shape index (κ2) is 5.72. The van der Waals surface area contributed by atoms with Crippen LogP contribution in [0.2, 0.25) is 0 Å². The van der Waals surface area contributed by atoms with Crippen LogP contribution in [0.25, 0.3) is 0 Å². The van der Waals surface area contributed by atoms with E-state index >= 15 is 0 Å². The Morgan fingerprint density at radius 1 is 1.26 bits per heavy atom. The van der Waals surface area contributed by atoms with Crippen LogP contribution >= 0.6 is 0 Å². The Hall–Kier alpha value is -1.39. The zero-order chi connectivity index (χ0) is 13.1. The number of carbonyl (C=O) groups is 1. The van der Waals surface area contributed by atoms with Crippen molar-refractivity contribution in [3.05, 3.63) is 29.3 Å². The van der Waals surface area contributed by atoms with Gasteiger partial charge in [-0.3, -0.25) is 4.79 Å². The smallest absolute Gasteiger partial charge is 0.254 e. The molecule has 0 aromatic heterocycles. The van der Waals surface area contributed by atoms with Crippen molar-refractivity contribution in [1.82, 2.24) is 5.32 Å². The minimum Gasteiger partial charge on any atom is -0.366 e. The number of hydrogen-bond acceptors (Lipinski definition) is 3. The van der Waals surface area contributed by atoms with E-state index in [0.29, 0.717) is 13.2 Å². The first kappa shape index (κ1) is 12.6. The molecule has 0 spiro atoms. The van der Waals surface area contributed by atoms with Crippen LogP contribution < -0.4 is 10.6 Å². The highest BCUT2D eigenvalue weighted by molar-refractivity contribution is 5.94. The number of anilines is 1. The van der Waals surface area contributed by atoms with Crippen molar-refractivity contribution < 1.29 is 9.53 Å². The van der Waals surface area contributed by atoms with Crippen molar-refractivity contribution in [2.75, 3.05) is 25.0 Å². The lowest BCUT2D eigenvalue weighted by molar-refractivity contribution is -0.128. The van der Waals surface area contributed by atoms with Gasteiger partial charge in [-0.15, -0.1) is 0 Å². The van der Waals surface area contributed by atoms with Crippen molar-refractivity contribution in [3.8, 4) is 0 Å². The molecule has 1 heterocycles. The number of rotatable bonds is 2. The van der Waals surface area contributed by atoms with Crippen molar-refractivity contribution in [2.24, 2.45) is 0 Å². The molecule has 1 amide bonds. The molecule has 19 heavy (non-hydrogen) atoms. The van der Waals surface area contributed by atoms with Gasteiger partial charge >= 0.3 is 0 Å². The molecule has 1 aromatic carbocycles.